The number of benzene rings is 1. The van der Waals surface area contributed by atoms with E-state index < -0.39 is 0 Å². The third-order valence-corrected chi connectivity index (χ3v) is 6.73. The highest BCUT2D eigenvalue weighted by molar-refractivity contribution is 6.05. The van der Waals surface area contributed by atoms with Gasteiger partial charge in [-0.2, -0.15) is 5.10 Å². The monoisotopic (exact) mass is 410 g/mol. The number of carbonyl (C=O) groups excluding carboxylic acids is 1. The van der Waals surface area contributed by atoms with Crippen LogP contribution in [0.15, 0.2) is 36.5 Å². The van der Waals surface area contributed by atoms with Crippen LogP contribution in [0.25, 0.3) is 0 Å². The summed E-state index contributed by atoms with van der Waals surface area (Å²) in [5, 5.41) is 7.54. The van der Waals surface area contributed by atoms with Crippen LogP contribution in [0.3, 0.4) is 0 Å². The second-order valence-corrected chi connectivity index (χ2v) is 8.68. The first kappa shape index (κ1) is 20.9. The van der Waals surface area contributed by atoms with Gasteiger partial charge >= 0.3 is 0 Å². The van der Waals surface area contributed by atoms with Crippen LogP contribution in [0.4, 0.5) is 5.82 Å². The summed E-state index contributed by atoms with van der Waals surface area (Å²) >= 11 is 0. The van der Waals surface area contributed by atoms with E-state index in [-0.39, 0.29) is 5.91 Å². The summed E-state index contributed by atoms with van der Waals surface area (Å²) in [6.45, 7) is 3.43. The number of anilines is 1. The Morgan fingerprint density at radius 3 is 2.67 bits per heavy atom. The van der Waals surface area contributed by atoms with Gasteiger partial charge in [0.2, 0.25) is 0 Å². The molecule has 1 aliphatic heterocycles. The van der Waals surface area contributed by atoms with E-state index in [1.54, 1.807) is 25.4 Å². The molecule has 30 heavy (non-hydrogen) atoms. The molecule has 0 spiro atoms. The molecule has 0 radical (unpaired) electrons. The van der Waals surface area contributed by atoms with Gasteiger partial charge in [-0.1, -0.05) is 37.8 Å². The van der Waals surface area contributed by atoms with Crippen LogP contribution >= 0.6 is 0 Å². The Bertz CT molecular complexity index is 820. The number of piperidine rings is 1. The molecule has 1 amide bonds. The summed E-state index contributed by atoms with van der Waals surface area (Å²) in [6, 6.07) is 9.49. The van der Waals surface area contributed by atoms with Gasteiger partial charge in [-0.25, -0.2) is 4.68 Å². The predicted molar refractivity (Wildman–Crippen MR) is 119 cm³/mol. The largest absolute Gasteiger partial charge is 0.496 e. The number of ether oxygens (including phenoxy) is 1. The van der Waals surface area contributed by atoms with Crippen molar-refractivity contribution in [2.45, 2.75) is 57.4 Å². The van der Waals surface area contributed by atoms with Crippen molar-refractivity contribution in [3.05, 3.63) is 42.1 Å². The summed E-state index contributed by atoms with van der Waals surface area (Å²) < 4.78 is 7.31. The fraction of sp³-hybridized carbons (Fsp3) is 0.583. The number of nitrogens with zero attached hydrogens (tertiary/aromatic N) is 3. The number of nitrogens with one attached hydrogen (secondary N) is 1. The number of hydrogen-bond acceptors (Lipinski definition) is 4. The minimum absolute atomic E-state index is 0.168. The first-order valence-corrected chi connectivity index (χ1v) is 11.4. The summed E-state index contributed by atoms with van der Waals surface area (Å²) in [6.07, 6.45) is 12.4. The van der Waals surface area contributed by atoms with E-state index >= 15 is 0 Å². The molecule has 1 saturated carbocycles. The number of para-hydroxylation sites is 1. The number of hydrogen-bond donors (Lipinski definition) is 1. The van der Waals surface area contributed by atoms with E-state index in [9.17, 15) is 4.79 Å². The Morgan fingerprint density at radius 2 is 1.90 bits per heavy atom. The van der Waals surface area contributed by atoms with E-state index in [1.165, 1.54) is 45.1 Å². The number of methoxy groups -OCH3 is 1. The van der Waals surface area contributed by atoms with Crippen LogP contribution in [-0.2, 0) is 0 Å². The molecule has 1 saturated heterocycles. The van der Waals surface area contributed by atoms with E-state index in [1.807, 2.05) is 22.9 Å². The van der Waals surface area contributed by atoms with Gasteiger partial charge in [-0.15, -0.1) is 0 Å². The van der Waals surface area contributed by atoms with Crippen LogP contribution in [0, 0.1) is 5.92 Å². The fourth-order valence-corrected chi connectivity index (χ4v) is 5.01. The van der Waals surface area contributed by atoms with Crippen molar-refractivity contribution >= 4 is 11.7 Å². The Kier molecular flexibility index (Phi) is 7.05. The maximum atomic E-state index is 12.8. The van der Waals surface area contributed by atoms with Gasteiger partial charge in [-0.3, -0.25) is 4.79 Å². The van der Waals surface area contributed by atoms with Crippen molar-refractivity contribution in [3.63, 3.8) is 0 Å². The lowest BCUT2D eigenvalue weighted by atomic mass is 10.0. The van der Waals surface area contributed by atoms with E-state index in [0.29, 0.717) is 17.4 Å². The van der Waals surface area contributed by atoms with Crippen molar-refractivity contribution in [1.82, 2.24) is 14.7 Å². The van der Waals surface area contributed by atoms with Gasteiger partial charge < -0.3 is 15.0 Å². The van der Waals surface area contributed by atoms with Crippen LogP contribution < -0.4 is 10.1 Å². The van der Waals surface area contributed by atoms with Crippen molar-refractivity contribution < 1.29 is 9.53 Å². The number of amides is 1. The minimum Gasteiger partial charge on any atom is -0.496 e. The van der Waals surface area contributed by atoms with Gasteiger partial charge in [0.15, 0.2) is 0 Å². The molecule has 0 unspecified atom stereocenters. The highest BCUT2D eigenvalue weighted by Gasteiger charge is 2.24. The molecule has 1 aliphatic carbocycles. The number of rotatable bonds is 8. The SMILES string of the molecule is COc1ccccc1C(=O)Nc1ccnn1C1CCN(CCCC2CCCC2)CC1. The molecule has 1 N–H and O–H groups in total. The smallest absolute Gasteiger partial charge is 0.260 e. The molecule has 162 valence electrons. The quantitative estimate of drug-likeness (QED) is 0.682. The van der Waals surface area contributed by atoms with Crippen LogP contribution in [0.1, 0.15) is 67.8 Å². The van der Waals surface area contributed by atoms with Crippen LogP contribution in [0.2, 0.25) is 0 Å². The Balaban J connectivity index is 1.29. The second kappa shape index (κ2) is 10.1. The van der Waals surface area contributed by atoms with E-state index in [4.69, 9.17) is 4.74 Å². The minimum atomic E-state index is -0.168. The molecule has 0 bridgehead atoms. The maximum Gasteiger partial charge on any atom is 0.260 e. The fourth-order valence-electron chi connectivity index (χ4n) is 5.01. The summed E-state index contributed by atoms with van der Waals surface area (Å²) in [5.74, 6) is 2.15. The molecule has 2 aliphatic rings. The molecule has 6 heteroatoms. The Hall–Kier alpha value is -2.34. The zero-order valence-electron chi connectivity index (χ0n) is 18.1. The van der Waals surface area contributed by atoms with Crippen LogP contribution in [0.5, 0.6) is 5.75 Å². The molecule has 1 aromatic heterocycles. The maximum absolute atomic E-state index is 12.8. The zero-order valence-corrected chi connectivity index (χ0v) is 18.1. The zero-order chi connectivity index (χ0) is 20.8. The van der Waals surface area contributed by atoms with Gasteiger partial charge in [0.25, 0.3) is 5.91 Å². The first-order chi connectivity index (χ1) is 14.7. The third-order valence-electron chi connectivity index (χ3n) is 6.73. The molecule has 2 fully saturated rings. The highest BCUT2D eigenvalue weighted by atomic mass is 16.5. The van der Waals surface area contributed by atoms with Gasteiger partial charge in [0.05, 0.1) is 24.9 Å². The lowest BCUT2D eigenvalue weighted by Crippen LogP contribution is -2.36. The second-order valence-electron chi connectivity index (χ2n) is 8.68. The van der Waals surface area contributed by atoms with Gasteiger partial charge in [0.1, 0.15) is 11.6 Å². The topological polar surface area (TPSA) is 59.4 Å². The normalized spacial score (nSPS) is 18.6. The lowest BCUT2D eigenvalue weighted by molar-refractivity contribution is 0.102. The van der Waals surface area contributed by atoms with Crippen molar-refractivity contribution in [1.29, 1.82) is 0 Å². The summed E-state index contributed by atoms with van der Waals surface area (Å²) in [4.78, 5) is 15.4. The van der Waals surface area contributed by atoms with Crippen molar-refractivity contribution in [2.75, 3.05) is 32.1 Å². The lowest BCUT2D eigenvalue weighted by Gasteiger charge is -2.32. The molecule has 6 nitrogen and oxygen atoms in total. The number of likely N-dealkylation sites (tertiary alicyclic amines) is 1. The average Bonchev–Trinajstić information content (AvgIpc) is 3.46. The summed E-state index contributed by atoms with van der Waals surface area (Å²) in [5.41, 5.74) is 0.532. The van der Waals surface area contributed by atoms with Crippen LogP contribution in [-0.4, -0.2) is 47.3 Å². The molecular formula is C24H34N4O2. The molecule has 1 aromatic carbocycles. The van der Waals surface area contributed by atoms with E-state index in [2.05, 4.69) is 15.3 Å². The Labute approximate surface area is 179 Å². The van der Waals surface area contributed by atoms with Gasteiger partial charge in [-0.05, 0) is 50.3 Å². The highest BCUT2D eigenvalue weighted by Crippen LogP contribution is 2.30. The molecule has 4 rings (SSSR count). The van der Waals surface area contributed by atoms with Crippen molar-refractivity contribution in [2.24, 2.45) is 5.92 Å². The van der Waals surface area contributed by atoms with E-state index in [0.717, 1.165) is 37.7 Å². The molecule has 0 atom stereocenters. The van der Waals surface area contributed by atoms with Gasteiger partial charge in [0, 0.05) is 19.2 Å². The molecular weight excluding hydrogens is 376 g/mol. The predicted octanol–water partition coefficient (Wildman–Crippen LogP) is 4.75. The number of carbonyl (C=O) groups is 1. The Morgan fingerprint density at radius 1 is 1.13 bits per heavy atom. The summed E-state index contributed by atoms with van der Waals surface area (Å²) in [7, 11) is 1.58. The number of aromatic nitrogens is 2. The molecule has 2 heterocycles. The first-order valence-electron chi connectivity index (χ1n) is 11.4. The van der Waals surface area contributed by atoms with Crippen molar-refractivity contribution in [3.8, 4) is 5.75 Å². The molecule has 2 aromatic rings. The third kappa shape index (κ3) is 5.04. The average molecular weight is 411 g/mol. The standard InChI is InChI=1S/C24H34N4O2/c1-30-22-11-5-4-10-21(22)24(29)26-23-12-15-25-28(23)20-13-17-27(18-14-20)16-6-9-19-7-2-3-8-19/h4-5,10-12,15,19-20H,2-3,6-9,13-14,16-18H2,1H3,(H,26,29).